The highest BCUT2D eigenvalue weighted by Gasteiger charge is 2.18. The van der Waals surface area contributed by atoms with Gasteiger partial charge in [0.25, 0.3) is 0 Å². The van der Waals surface area contributed by atoms with Crippen LogP contribution in [-0.2, 0) is 6.54 Å². The van der Waals surface area contributed by atoms with E-state index < -0.39 is 0 Å². The molecule has 2 heterocycles. The molecule has 0 radical (unpaired) electrons. The van der Waals surface area contributed by atoms with Gasteiger partial charge in [0.15, 0.2) is 5.82 Å². The van der Waals surface area contributed by atoms with Crippen LogP contribution < -0.4 is 10.2 Å². The molecule has 1 N–H and O–H groups in total. The number of hydrogen-bond donors (Lipinski definition) is 1. The average molecular weight is 288 g/mol. The summed E-state index contributed by atoms with van der Waals surface area (Å²) in [6.07, 6.45) is 3.24. The van der Waals surface area contributed by atoms with Crippen molar-refractivity contribution in [3.05, 3.63) is 30.1 Å². The summed E-state index contributed by atoms with van der Waals surface area (Å²) in [7, 11) is 0. The molecule has 0 fully saturated rings. The molecule has 0 aromatic carbocycles. The molecule has 2 aromatic rings. The molecule has 2 aromatic heterocycles. The molecular weight excluding hydrogens is 260 g/mol. The number of aromatic nitrogens is 2. The van der Waals surface area contributed by atoms with Gasteiger partial charge >= 0.3 is 0 Å². The first kappa shape index (κ1) is 15.8. The van der Waals surface area contributed by atoms with E-state index in [9.17, 15) is 0 Å². The van der Waals surface area contributed by atoms with Crippen molar-refractivity contribution in [3.8, 4) is 0 Å². The second kappa shape index (κ2) is 6.48. The van der Waals surface area contributed by atoms with Gasteiger partial charge in [0.05, 0.1) is 5.69 Å². The molecule has 0 saturated carbocycles. The summed E-state index contributed by atoms with van der Waals surface area (Å²) in [6.45, 7) is 13.8. The average Bonchev–Trinajstić information content (AvgIpc) is 2.80. The van der Waals surface area contributed by atoms with Crippen LogP contribution in [0.3, 0.4) is 0 Å². The zero-order chi connectivity index (χ0) is 15.5. The third-order valence-electron chi connectivity index (χ3n) is 3.57. The van der Waals surface area contributed by atoms with E-state index >= 15 is 0 Å². The second-order valence-electron chi connectivity index (χ2n) is 6.49. The number of anilines is 1. The van der Waals surface area contributed by atoms with E-state index in [1.165, 1.54) is 5.69 Å². The van der Waals surface area contributed by atoms with Crippen molar-refractivity contribution in [3.63, 3.8) is 0 Å². The van der Waals surface area contributed by atoms with Crippen LogP contribution >= 0.6 is 0 Å². The molecule has 0 spiro atoms. The van der Waals surface area contributed by atoms with Crippen LogP contribution in [-0.4, -0.2) is 28.0 Å². The van der Waals surface area contributed by atoms with Crippen LogP contribution in [0.15, 0.2) is 24.4 Å². The molecule has 0 amide bonds. The molecule has 0 aliphatic heterocycles. The van der Waals surface area contributed by atoms with Gasteiger partial charge in [-0.2, -0.15) is 0 Å². The minimum atomic E-state index is 0.0952. The maximum atomic E-state index is 4.85. The number of rotatable bonds is 6. The number of nitrogens with one attached hydrogen (secondary N) is 1. The Hall–Kier alpha value is -1.55. The van der Waals surface area contributed by atoms with Gasteiger partial charge in [-0.25, -0.2) is 4.98 Å². The van der Waals surface area contributed by atoms with Gasteiger partial charge in [0.2, 0.25) is 0 Å². The van der Waals surface area contributed by atoms with Gasteiger partial charge in [-0.15, -0.1) is 0 Å². The van der Waals surface area contributed by atoms with E-state index in [0.29, 0.717) is 0 Å². The lowest BCUT2D eigenvalue weighted by Crippen LogP contribution is -2.36. The topological polar surface area (TPSA) is 32.6 Å². The normalized spacial score (nSPS) is 12.0. The lowest BCUT2D eigenvalue weighted by atomic mass is 10.1. The molecule has 0 atom stereocenters. The summed E-state index contributed by atoms with van der Waals surface area (Å²) in [5, 5.41) is 3.59. The van der Waals surface area contributed by atoms with E-state index in [1.807, 2.05) is 6.07 Å². The molecule has 4 heteroatoms. The van der Waals surface area contributed by atoms with Gasteiger partial charge in [-0.3, -0.25) is 0 Å². The number of pyridine rings is 1. The van der Waals surface area contributed by atoms with E-state index in [-0.39, 0.29) is 5.54 Å². The largest absolute Gasteiger partial charge is 0.355 e. The van der Waals surface area contributed by atoms with Crippen molar-refractivity contribution in [1.29, 1.82) is 0 Å². The summed E-state index contributed by atoms with van der Waals surface area (Å²) in [5.41, 5.74) is 2.36. The fraction of sp³-hybridized carbons (Fsp3) is 0.588. The first-order valence-corrected chi connectivity index (χ1v) is 7.92. The van der Waals surface area contributed by atoms with Crippen LogP contribution in [0.2, 0.25) is 0 Å². The van der Waals surface area contributed by atoms with Crippen molar-refractivity contribution >= 4 is 11.5 Å². The van der Waals surface area contributed by atoms with Crippen LogP contribution in [0.5, 0.6) is 0 Å². The minimum Gasteiger partial charge on any atom is -0.355 e. The van der Waals surface area contributed by atoms with Gasteiger partial charge < -0.3 is 14.6 Å². The summed E-state index contributed by atoms with van der Waals surface area (Å²) in [5.74, 6) is 1.11. The van der Waals surface area contributed by atoms with Gasteiger partial charge in [-0.05, 0) is 46.2 Å². The Morgan fingerprint density at radius 1 is 1.24 bits per heavy atom. The Bertz CT molecular complexity index is 580. The van der Waals surface area contributed by atoms with Crippen molar-refractivity contribution in [2.45, 2.75) is 53.1 Å². The Morgan fingerprint density at radius 2 is 2.00 bits per heavy atom. The third kappa shape index (κ3) is 3.76. The van der Waals surface area contributed by atoms with Crippen LogP contribution in [0.25, 0.3) is 5.65 Å². The lowest BCUT2D eigenvalue weighted by molar-refractivity contribution is 0.420. The van der Waals surface area contributed by atoms with E-state index in [0.717, 1.165) is 37.5 Å². The smallest absolute Gasteiger partial charge is 0.152 e. The summed E-state index contributed by atoms with van der Waals surface area (Å²) >= 11 is 0. The fourth-order valence-electron chi connectivity index (χ4n) is 2.48. The summed E-state index contributed by atoms with van der Waals surface area (Å²) in [4.78, 5) is 7.22. The zero-order valence-corrected chi connectivity index (χ0v) is 14.0. The molecular formula is C17H28N4. The monoisotopic (exact) mass is 288 g/mol. The Balaban J connectivity index is 2.42. The Kier molecular flexibility index (Phi) is 4.88. The predicted molar refractivity (Wildman–Crippen MR) is 90.0 cm³/mol. The van der Waals surface area contributed by atoms with E-state index in [2.05, 4.69) is 67.6 Å². The number of imidazole rings is 1. The van der Waals surface area contributed by atoms with Crippen molar-refractivity contribution in [1.82, 2.24) is 14.7 Å². The highest BCUT2D eigenvalue weighted by Crippen LogP contribution is 2.22. The maximum Gasteiger partial charge on any atom is 0.152 e. The molecule has 4 nitrogen and oxygen atoms in total. The van der Waals surface area contributed by atoms with Crippen LogP contribution in [0.1, 0.15) is 46.7 Å². The lowest BCUT2D eigenvalue weighted by Gasteiger charge is -2.24. The number of fused-ring (bicyclic) bond motifs is 1. The first-order valence-electron chi connectivity index (χ1n) is 7.92. The highest BCUT2D eigenvalue weighted by atomic mass is 15.2. The summed E-state index contributed by atoms with van der Waals surface area (Å²) in [6, 6.07) is 6.18. The summed E-state index contributed by atoms with van der Waals surface area (Å²) < 4.78 is 2.20. The molecule has 116 valence electrons. The standard InChI is InChI=1S/C17H28N4/c1-6-11-20(7-2)16-14(13-18-17(3,4)5)21-12-9-8-10-15(21)19-16/h8-10,12,18H,6-7,11,13H2,1-5H3. The van der Waals surface area contributed by atoms with Crippen molar-refractivity contribution < 1.29 is 0 Å². The third-order valence-corrected chi connectivity index (χ3v) is 3.57. The predicted octanol–water partition coefficient (Wildman–Crippen LogP) is 3.46. The minimum absolute atomic E-state index is 0.0952. The first-order chi connectivity index (χ1) is 9.96. The van der Waals surface area contributed by atoms with E-state index in [1.54, 1.807) is 0 Å². The second-order valence-corrected chi connectivity index (χ2v) is 6.49. The zero-order valence-electron chi connectivity index (χ0n) is 14.0. The van der Waals surface area contributed by atoms with Crippen molar-refractivity contribution in [2.75, 3.05) is 18.0 Å². The molecule has 0 unspecified atom stereocenters. The fourth-order valence-corrected chi connectivity index (χ4v) is 2.48. The molecule has 0 aliphatic rings. The molecule has 0 aliphatic carbocycles. The van der Waals surface area contributed by atoms with Crippen LogP contribution in [0.4, 0.5) is 5.82 Å². The van der Waals surface area contributed by atoms with E-state index in [4.69, 9.17) is 4.98 Å². The van der Waals surface area contributed by atoms with Crippen molar-refractivity contribution in [2.24, 2.45) is 0 Å². The quantitative estimate of drug-likeness (QED) is 0.883. The molecule has 21 heavy (non-hydrogen) atoms. The molecule has 0 bridgehead atoms. The number of hydrogen-bond acceptors (Lipinski definition) is 3. The van der Waals surface area contributed by atoms with Gasteiger partial charge in [-0.1, -0.05) is 13.0 Å². The highest BCUT2D eigenvalue weighted by molar-refractivity contribution is 5.56. The number of nitrogens with zero attached hydrogens (tertiary/aromatic N) is 3. The Labute approximate surface area is 128 Å². The van der Waals surface area contributed by atoms with Gasteiger partial charge in [0, 0.05) is 31.4 Å². The molecule has 2 rings (SSSR count). The van der Waals surface area contributed by atoms with Crippen LogP contribution in [0, 0.1) is 0 Å². The molecule has 0 saturated heterocycles. The Morgan fingerprint density at radius 3 is 2.62 bits per heavy atom. The van der Waals surface area contributed by atoms with Gasteiger partial charge in [0.1, 0.15) is 5.65 Å². The SMILES string of the molecule is CCCN(CC)c1nc2ccccn2c1CNC(C)(C)C. The maximum absolute atomic E-state index is 4.85.